The summed E-state index contributed by atoms with van der Waals surface area (Å²) in [5.41, 5.74) is 0.607. The Morgan fingerprint density at radius 3 is 3.19 bits per heavy atom. The summed E-state index contributed by atoms with van der Waals surface area (Å²) in [6.45, 7) is 3.02. The van der Waals surface area contributed by atoms with Gasteiger partial charge in [-0.3, -0.25) is 9.89 Å². The fourth-order valence-electron chi connectivity index (χ4n) is 2.95. The average molecular weight is 220 g/mol. The monoisotopic (exact) mass is 220 g/mol. The molecule has 1 aromatic rings. The predicted octanol–water partition coefficient (Wildman–Crippen LogP) is 0.186. The van der Waals surface area contributed by atoms with Crippen LogP contribution in [0.5, 0.6) is 0 Å². The topological polar surface area (TPSA) is 52.2 Å². The minimum absolute atomic E-state index is 0.0975. The third-order valence-electron chi connectivity index (χ3n) is 3.72. The minimum atomic E-state index is 0.0975. The van der Waals surface area contributed by atoms with E-state index in [0.29, 0.717) is 17.7 Å². The summed E-state index contributed by atoms with van der Waals surface area (Å²) >= 11 is 0. The van der Waals surface area contributed by atoms with Crippen LogP contribution in [0.1, 0.15) is 16.9 Å². The first kappa shape index (κ1) is 9.84. The lowest BCUT2D eigenvalue weighted by Gasteiger charge is -2.23. The van der Waals surface area contributed by atoms with E-state index in [9.17, 15) is 4.79 Å². The van der Waals surface area contributed by atoms with Crippen LogP contribution in [0, 0.1) is 5.92 Å². The highest BCUT2D eigenvalue weighted by atomic mass is 16.2. The number of nitrogens with one attached hydrogen (secondary N) is 1. The highest BCUT2D eigenvalue weighted by Gasteiger charge is 2.42. The second kappa shape index (κ2) is 3.59. The largest absolute Gasteiger partial charge is 0.333 e. The first-order valence-corrected chi connectivity index (χ1v) is 5.74. The average Bonchev–Trinajstić information content (AvgIpc) is 2.90. The van der Waals surface area contributed by atoms with Crippen molar-refractivity contribution in [1.29, 1.82) is 0 Å². The van der Waals surface area contributed by atoms with Gasteiger partial charge in [0.05, 0.1) is 0 Å². The van der Waals surface area contributed by atoms with E-state index >= 15 is 0 Å². The van der Waals surface area contributed by atoms with Gasteiger partial charge >= 0.3 is 0 Å². The smallest absolute Gasteiger partial charge is 0.272 e. The Balaban J connectivity index is 1.79. The molecule has 3 heterocycles. The van der Waals surface area contributed by atoms with Crippen molar-refractivity contribution < 1.29 is 4.79 Å². The van der Waals surface area contributed by atoms with Gasteiger partial charge in [0.2, 0.25) is 0 Å². The lowest BCUT2D eigenvalue weighted by Crippen LogP contribution is -2.39. The first-order chi connectivity index (χ1) is 7.75. The molecular weight excluding hydrogens is 204 g/mol. The van der Waals surface area contributed by atoms with Crippen molar-refractivity contribution in [2.24, 2.45) is 5.92 Å². The SMILES string of the molecule is CN1C[C@@H]2CCN(C(=O)c3ccn[nH]3)[C@@H]2C1. The fraction of sp³-hybridized carbons (Fsp3) is 0.636. The maximum Gasteiger partial charge on any atom is 0.272 e. The molecule has 3 rings (SSSR count). The van der Waals surface area contributed by atoms with Crippen LogP contribution in [0.2, 0.25) is 0 Å². The lowest BCUT2D eigenvalue weighted by atomic mass is 10.1. The van der Waals surface area contributed by atoms with Gasteiger partial charge < -0.3 is 9.80 Å². The molecule has 2 atom stereocenters. The Hall–Kier alpha value is -1.36. The van der Waals surface area contributed by atoms with Gasteiger partial charge in [-0.25, -0.2) is 0 Å². The Kier molecular flexibility index (Phi) is 2.21. The molecule has 2 fully saturated rings. The Morgan fingerprint density at radius 2 is 2.44 bits per heavy atom. The molecule has 86 valence electrons. The van der Waals surface area contributed by atoms with E-state index in [4.69, 9.17) is 0 Å². The van der Waals surface area contributed by atoms with Crippen molar-refractivity contribution in [3.8, 4) is 0 Å². The maximum absolute atomic E-state index is 12.2. The molecular formula is C11H16N4O. The zero-order chi connectivity index (χ0) is 11.1. The first-order valence-electron chi connectivity index (χ1n) is 5.74. The van der Waals surface area contributed by atoms with Crippen LogP contribution < -0.4 is 0 Å². The molecule has 0 saturated carbocycles. The molecule has 2 saturated heterocycles. The molecule has 0 aliphatic carbocycles. The van der Waals surface area contributed by atoms with Crippen LogP contribution in [-0.2, 0) is 0 Å². The number of fused-ring (bicyclic) bond motifs is 1. The van der Waals surface area contributed by atoms with Crippen LogP contribution in [0.15, 0.2) is 12.3 Å². The third-order valence-corrected chi connectivity index (χ3v) is 3.72. The number of nitrogens with zero attached hydrogens (tertiary/aromatic N) is 3. The van der Waals surface area contributed by atoms with Gasteiger partial charge in [0, 0.05) is 31.9 Å². The van der Waals surface area contributed by atoms with E-state index in [1.807, 2.05) is 4.90 Å². The lowest BCUT2D eigenvalue weighted by molar-refractivity contribution is 0.0723. The maximum atomic E-state index is 12.2. The number of carbonyl (C=O) groups is 1. The van der Waals surface area contributed by atoms with Crippen LogP contribution in [0.25, 0.3) is 0 Å². The van der Waals surface area contributed by atoms with E-state index < -0.39 is 0 Å². The molecule has 0 unspecified atom stereocenters. The van der Waals surface area contributed by atoms with E-state index in [-0.39, 0.29) is 5.91 Å². The second-order valence-corrected chi connectivity index (χ2v) is 4.81. The molecule has 16 heavy (non-hydrogen) atoms. The molecule has 1 amide bonds. The second-order valence-electron chi connectivity index (χ2n) is 4.81. The molecule has 0 spiro atoms. The van der Waals surface area contributed by atoms with Gasteiger partial charge in [-0.15, -0.1) is 0 Å². The molecule has 5 heteroatoms. The molecule has 0 aromatic carbocycles. The van der Waals surface area contributed by atoms with E-state index in [1.54, 1.807) is 12.3 Å². The number of hydrogen-bond donors (Lipinski definition) is 1. The van der Waals surface area contributed by atoms with E-state index in [2.05, 4.69) is 22.1 Å². The molecule has 2 aliphatic rings. The summed E-state index contributed by atoms with van der Waals surface area (Å²) < 4.78 is 0. The summed E-state index contributed by atoms with van der Waals surface area (Å²) in [7, 11) is 2.12. The van der Waals surface area contributed by atoms with E-state index in [1.165, 1.54) is 0 Å². The van der Waals surface area contributed by atoms with Gasteiger partial charge in [0.1, 0.15) is 5.69 Å². The number of aromatic nitrogens is 2. The fourth-order valence-corrected chi connectivity index (χ4v) is 2.95. The molecule has 0 radical (unpaired) electrons. The van der Waals surface area contributed by atoms with Crippen LogP contribution >= 0.6 is 0 Å². The van der Waals surface area contributed by atoms with Crippen molar-refractivity contribution in [3.05, 3.63) is 18.0 Å². The van der Waals surface area contributed by atoms with Crippen molar-refractivity contribution in [1.82, 2.24) is 20.0 Å². The summed E-state index contributed by atoms with van der Waals surface area (Å²) in [4.78, 5) is 16.5. The third kappa shape index (κ3) is 1.43. The molecule has 1 N–H and O–H groups in total. The van der Waals surface area contributed by atoms with Crippen LogP contribution in [0.3, 0.4) is 0 Å². The molecule has 2 aliphatic heterocycles. The number of likely N-dealkylation sites (N-methyl/N-ethyl adjacent to an activating group) is 1. The molecule has 0 bridgehead atoms. The number of H-pyrrole nitrogens is 1. The number of amides is 1. The highest BCUT2D eigenvalue weighted by Crippen LogP contribution is 2.31. The Morgan fingerprint density at radius 1 is 1.56 bits per heavy atom. The van der Waals surface area contributed by atoms with Gasteiger partial charge in [0.15, 0.2) is 0 Å². The van der Waals surface area contributed by atoms with Crippen molar-refractivity contribution in [2.75, 3.05) is 26.7 Å². The van der Waals surface area contributed by atoms with Gasteiger partial charge in [0.25, 0.3) is 5.91 Å². The van der Waals surface area contributed by atoms with Crippen LogP contribution in [-0.4, -0.2) is 58.6 Å². The zero-order valence-electron chi connectivity index (χ0n) is 9.39. The van der Waals surface area contributed by atoms with Crippen molar-refractivity contribution >= 4 is 5.91 Å². The van der Waals surface area contributed by atoms with Gasteiger partial charge in [-0.1, -0.05) is 0 Å². The number of hydrogen-bond acceptors (Lipinski definition) is 3. The minimum Gasteiger partial charge on any atom is -0.333 e. The highest BCUT2D eigenvalue weighted by molar-refractivity contribution is 5.92. The number of rotatable bonds is 1. The Bertz CT molecular complexity index is 389. The summed E-state index contributed by atoms with van der Waals surface area (Å²) in [6, 6.07) is 2.15. The number of carbonyl (C=O) groups excluding carboxylic acids is 1. The van der Waals surface area contributed by atoms with Crippen molar-refractivity contribution in [2.45, 2.75) is 12.5 Å². The predicted molar refractivity (Wildman–Crippen MR) is 59.0 cm³/mol. The van der Waals surface area contributed by atoms with E-state index in [0.717, 1.165) is 26.1 Å². The van der Waals surface area contributed by atoms with Gasteiger partial charge in [-0.05, 0) is 25.5 Å². The quantitative estimate of drug-likeness (QED) is 0.735. The number of aromatic amines is 1. The molecule has 5 nitrogen and oxygen atoms in total. The standard InChI is InChI=1S/C11H16N4O/c1-14-6-8-3-5-15(10(8)7-14)11(16)9-2-4-12-13-9/h2,4,8,10H,3,5-7H2,1H3,(H,12,13)/t8-,10+/m0/s1. The summed E-state index contributed by atoms with van der Waals surface area (Å²) in [5.74, 6) is 0.761. The Labute approximate surface area is 94.4 Å². The summed E-state index contributed by atoms with van der Waals surface area (Å²) in [5, 5.41) is 6.58. The zero-order valence-corrected chi connectivity index (χ0v) is 9.39. The normalized spacial score (nSPS) is 29.7. The van der Waals surface area contributed by atoms with Gasteiger partial charge in [-0.2, -0.15) is 5.10 Å². The number of likely N-dealkylation sites (tertiary alicyclic amines) is 2. The van der Waals surface area contributed by atoms with Crippen LogP contribution in [0.4, 0.5) is 0 Å². The summed E-state index contributed by atoms with van der Waals surface area (Å²) in [6.07, 6.45) is 2.76. The van der Waals surface area contributed by atoms with Crippen molar-refractivity contribution in [3.63, 3.8) is 0 Å². The molecule has 1 aromatic heterocycles.